The highest BCUT2D eigenvalue weighted by Gasteiger charge is 2.20. The van der Waals surface area contributed by atoms with Gasteiger partial charge in [0.1, 0.15) is 11.5 Å². The smallest absolute Gasteiger partial charge is 0.266 e. The molecule has 3 rings (SSSR count). The van der Waals surface area contributed by atoms with Gasteiger partial charge < -0.3 is 0 Å². The third kappa shape index (κ3) is 3.58. The van der Waals surface area contributed by atoms with Gasteiger partial charge in [-0.05, 0) is 37.3 Å². The molecule has 0 atom stereocenters. The van der Waals surface area contributed by atoms with E-state index < -0.39 is 21.7 Å². The van der Waals surface area contributed by atoms with Crippen LogP contribution in [0.4, 0.5) is 4.39 Å². The molecule has 2 aromatic carbocycles. The van der Waals surface area contributed by atoms with E-state index >= 15 is 0 Å². The van der Waals surface area contributed by atoms with Gasteiger partial charge in [-0.15, -0.1) is 0 Å². The summed E-state index contributed by atoms with van der Waals surface area (Å²) in [5, 5.41) is 3.93. The molecule has 0 aliphatic carbocycles. The van der Waals surface area contributed by atoms with Crippen molar-refractivity contribution in [2.75, 3.05) is 0 Å². The van der Waals surface area contributed by atoms with E-state index in [-0.39, 0.29) is 16.3 Å². The van der Waals surface area contributed by atoms with Crippen LogP contribution in [0.2, 0.25) is 0 Å². The first-order valence-electron chi connectivity index (χ1n) is 7.31. The topological polar surface area (TPSA) is 81.1 Å². The van der Waals surface area contributed by atoms with Crippen LogP contribution in [0.1, 0.15) is 16.1 Å². The largest absolute Gasteiger partial charge is 0.285 e. The zero-order valence-electron chi connectivity index (χ0n) is 13.2. The highest BCUT2D eigenvalue weighted by molar-refractivity contribution is 7.90. The van der Waals surface area contributed by atoms with Crippen LogP contribution in [-0.4, -0.2) is 24.1 Å². The third-order valence-electron chi connectivity index (χ3n) is 3.48. The van der Waals surface area contributed by atoms with E-state index in [2.05, 4.69) is 5.10 Å². The minimum atomic E-state index is -4.01. The number of aromatic nitrogens is 2. The maximum Gasteiger partial charge on any atom is 0.285 e. The van der Waals surface area contributed by atoms with Crippen LogP contribution in [0, 0.1) is 12.7 Å². The van der Waals surface area contributed by atoms with Crippen LogP contribution < -0.4 is 4.72 Å². The van der Waals surface area contributed by atoms with Gasteiger partial charge in [-0.25, -0.2) is 22.2 Å². The number of hydrogen-bond acceptors (Lipinski definition) is 4. The van der Waals surface area contributed by atoms with Crippen molar-refractivity contribution in [1.29, 1.82) is 0 Å². The Kier molecular flexibility index (Phi) is 4.37. The van der Waals surface area contributed by atoms with Crippen molar-refractivity contribution in [1.82, 2.24) is 14.5 Å². The van der Waals surface area contributed by atoms with Gasteiger partial charge in [-0.2, -0.15) is 5.10 Å². The highest BCUT2D eigenvalue weighted by atomic mass is 32.2. The Hall–Kier alpha value is -3.00. The lowest BCUT2D eigenvalue weighted by molar-refractivity contribution is 0.0976. The third-order valence-corrected chi connectivity index (χ3v) is 4.83. The molecule has 0 bridgehead atoms. The molecule has 8 heteroatoms. The van der Waals surface area contributed by atoms with Crippen molar-refractivity contribution >= 4 is 15.9 Å². The van der Waals surface area contributed by atoms with Gasteiger partial charge in [0.05, 0.1) is 4.90 Å². The average Bonchev–Trinajstić information content (AvgIpc) is 3.05. The van der Waals surface area contributed by atoms with E-state index in [1.54, 1.807) is 18.2 Å². The van der Waals surface area contributed by atoms with Gasteiger partial charge in [0, 0.05) is 6.20 Å². The number of nitrogens with one attached hydrogen (secondary N) is 1. The zero-order chi connectivity index (χ0) is 18.0. The van der Waals surface area contributed by atoms with Crippen molar-refractivity contribution in [2.45, 2.75) is 11.8 Å². The van der Waals surface area contributed by atoms with Crippen molar-refractivity contribution in [3.63, 3.8) is 0 Å². The number of rotatable bonds is 4. The predicted molar refractivity (Wildman–Crippen MR) is 89.4 cm³/mol. The summed E-state index contributed by atoms with van der Waals surface area (Å²) in [6.07, 6.45) is 1.38. The summed E-state index contributed by atoms with van der Waals surface area (Å²) in [4.78, 5) is 12.1. The fourth-order valence-corrected chi connectivity index (χ4v) is 3.13. The Morgan fingerprint density at radius 3 is 2.44 bits per heavy atom. The lowest BCUT2D eigenvalue weighted by Crippen LogP contribution is -2.31. The van der Waals surface area contributed by atoms with Crippen LogP contribution in [0.15, 0.2) is 65.7 Å². The minimum Gasteiger partial charge on any atom is -0.266 e. The number of hydrogen-bond donors (Lipinski definition) is 1. The quantitative estimate of drug-likeness (QED) is 0.776. The molecule has 1 heterocycles. The Balaban J connectivity index is 1.83. The van der Waals surface area contributed by atoms with E-state index in [1.807, 2.05) is 11.6 Å². The van der Waals surface area contributed by atoms with E-state index in [1.165, 1.54) is 47.3 Å². The Morgan fingerprint density at radius 1 is 1.08 bits per heavy atom. The molecule has 25 heavy (non-hydrogen) atoms. The Morgan fingerprint density at radius 2 is 1.76 bits per heavy atom. The molecule has 3 aromatic rings. The number of sulfonamides is 1. The molecule has 0 spiro atoms. The Labute approximate surface area is 144 Å². The maximum atomic E-state index is 13.8. The number of para-hydroxylation sites is 1. The molecular formula is C17H14FN3O3S. The molecule has 0 unspecified atom stereocenters. The lowest BCUT2D eigenvalue weighted by atomic mass is 10.2. The normalized spacial score (nSPS) is 11.3. The summed E-state index contributed by atoms with van der Waals surface area (Å²) in [7, 11) is -4.01. The van der Waals surface area contributed by atoms with Crippen LogP contribution in [0.5, 0.6) is 0 Å². The average molecular weight is 359 g/mol. The first-order valence-corrected chi connectivity index (χ1v) is 8.79. The van der Waals surface area contributed by atoms with Crippen molar-refractivity contribution < 1.29 is 17.6 Å². The number of carbonyl (C=O) groups excluding carboxylic acids is 1. The summed E-state index contributed by atoms with van der Waals surface area (Å²) < 4.78 is 41.3. The van der Waals surface area contributed by atoms with Gasteiger partial charge in [0.15, 0.2) is 5.69 Å². The molecule has 0 saturated heterocycles. The summed E-state index contributed by atoms with van der Waals surface area (Å²) in [5.41, 5.74) is 0.913. The first kappa shape index (κ1) is 16.8. The molecule has 0 aliphatic heterocycles. The highest BCUT2D eigenvalue weighted by Crippen LogP contribution is 2.13. The first-order chi connectivity index (χ1) is 11.9. The number of benzene rings is 2. The lowest BCUT2D eigenvalue weighted by Gasteiger charge is -2.06. The SMILES string of the molecule is Cc1ccc(S(=O)(=O)NC(=O)c2ccn(-c3ccccc3F)n2)cc1. The molecular weight excluding hydrogens is 345 g/mol. The fourth-order valence-electron chi connectivity index (χ4n) is 2.17. The van der Waals surface area contributed by atoms with Crippen LogP contribution in [-0.2, 0) is 10.0 Å². The van der Waals surface area contributed by atoms with Gasteiger partial charge in [0.2, 0.25) is 0 Å². The molecule has 0 radical (unpaired) electrons. The molecule has 0 saturated carbocycles. The van der Waals surface area contributed by atoms with Gasteiger partial charge in [-0.1, -0.05) is 29.8 Å². The number of nitrogens with zero attached hydrogens (tertiary/aromatic N) is 2. The standard InChI is InChI=1S/C17H14FN3O3S/c1-12-6-8-13(9-7-12)25(23,24)20-17(22)15-10-11-21(19-15)16-5-3-2-4-14(16)18/h2-11H,1H3,(H,20,22). The molecule has 1 N–H and O–H groups in total. The van der Waals surface area contributed by atoms with Crippen LogP contribution >= 0.6 is 0 Å². The molecule has 128 valence electrons. The monoisotopic (exact) mass is 359 g/mol. The number of aryl methyl sites for hydroxylation is 1. The number of amides is 1. The van der Waals surface area contributed by atoms with E-state index in [4.69, 9.17) is 0 Å². The summed E-state index contributed by atoms with van der Waals surface area (Å²) in [6.45, 7) is 1.82. The minimum absolute atomic E-state index is 0.0278. The second kappa shape index (κ2) is 6.48. The Bertz CT molecular complexity index is 1030. The van der Waals surface area contributed by atoms with Gasteiger partial charge >= 0.3 is 0 Å². The molecule has 6 nitrogen and oxygen atoms in total. The molecule has 1 aromatic heterocycles. The van der Waals surface area contributed by atoms with Crippen LogP contribution in [0.3, 0.4) is 0 Å². The van der Waals surface area contributed by atoms with Crippen LogP contribution in [0.25, 0.3) is 5.69 Å². The van der Waals surface area contributed by atoms with E-state index in [0.717, 1.165) is 5.56 Å². The molecule has 0 fully saturated rings. The summed E-state index contributed by atoms with van der Waals surface area (Å²) in [5.74, 6) is -1.40. The van der Waals surface area contributed by atoms with E-state index in [0.29, 0.717) is 0 Å². The van der Waals surface area contributed by atoms with Crippen molar-refractivity contribution in [2.24, 2.45) is 0 Å². The predicted octanol–water partition coefficient (Wildman–Crippen LogP) is 2.44. The van der Waals surface area contributed by atoms with Crippen molar-refractivity contribution in [3.8, 4) is 5.69 Å². The molecule has 0 aliphatic rings. The van der Waals surface area contributed by atoms with E-state index in [9.17, 15) is 17.6 Å². The molecule has 1 amide bonds. The van der Waals surface area contributed by atoms with Gasteiger partial charge in [0.25, 0.3) is 15.9 Å². The van der Waals surface area contributed by atoms with Crippen molar-refractivity contribution in [3.05, 3.63) is 77.9 Å². The summed E-state index contributed by atoms with van der Waals surface area (Å²) in [6, 6.07) is 13.3. The summed E-state index contributed by atoms with van der Waals surface area (Å²) >= 11 is 0. The second-order valence-electron chi connectivity index (χ2n) is 5.34. The van der Waals surface area contributed by atoms with Gasteiger partial charge in [-0.3, -0.25) is 4.79 Å². The second-order valence-corrected chi connectivity index (χ2v) is 7.03. The zero-order valence-corrected chi connectivity index (χ0v) is 14.0. The number of halogens is 1. The number of carbonyl (C=O) groups is 1. The fraction of sp³-hybridized carbons (Fsp3) is 0.0588. The maximum absolute atomic E-state index is 13.8.